The number of carboxylic acid groups (broad SMARTS) is 1. The zero-order valence-corrected chi connectivity index (χ0v) is 13.0. The number of amides is 1. The number of non-ortho nitro benzene ring substituents is 1. The molecule has 0 bridgehead atoms. The summed E-state index contributed by atoms with van der Waals surface area (Å²) in [5, 5.41) is 18.8. The van der Waals surface area contributed by atoms with Crippen LogP contribution in [0.1, 0.15) is 15.9 Å². The van der Waals surface area contributed by atoms with Gasteiger partial charge in [-0.25, -0.2) is 4.79 Å². The lowest BCUT2D eigenvalue weighted by Crippen LogP contribution is -2.30. The third kappa shape index (κ3) is 6.07. The molecule has 1 fully saturated rings. The minimum Gasteiger partial charge on any atom is -0.478 e. The van der Waals surface area contributed by atoms with Crippen molar-refractivity contribution in [2.75, 3.05) is 24.6 Å². The molecule has 2 rings (SSSR count). The van der Waals surface area contributed by atoms with Crippen LogP contribution in [-0.2, 0) is 11.0 Å². The average Bonchev–Trinajstić information content (AvgIpc) is 2.54. The molecule has 1 aliphatic rings. The molecule has 11 heteroatoms. The number of benzene rings is 1. The van der Waals surface area contributed by atoms with Gasteiger partial charge in [-0.1, -0.05) is 0 Å². The Labute approximate surface area is 138 Å². The number of hydrogen-bond acceptors (Lipinski definition) is 5. The summed E-state index contributed by atoms with van der Waals surface area (Å²) < 4.78 is 36.8. The van der Waals surface area contributed by atoms with Gasteiger partial charge in [0.15, 0.2) is 0 Å². The number of alkyl halides is 3. The Hall–Kier alpha value is -2.30. The van der Waals surface area contributed by atoms with E-state index >= 15 is 0 Å². The van der Waals surface area contributed by atoms with Crippen molar-refractivity contribution in [3.63, 3.8) is 0 Å². The fraction of sp³-hybridized carbons (Fsp3) is 0.385. The van der Waals surface area contributed by atoms with Crippen LogP contribution in [0, 0.1) is 10.1 Å². The van der Waals surface area contributed by atoms with Crippen molar-refractivity contribution in [2.24, 2.45) is 0 Å². The summed E-state index contributed by atoms with van der Waals surface area (Å²) >= 11 is 1.91. The number of carboxylic acids is 1. The number of nitrogens with zero attached hydrogens (tertiary/aromatic N) is 2. The maximum absolute atomic E-state index is 12.3. The number of hydrogen-bond donors (Lipinski definition) is 1. The Morgan fingerprint density at radius 3 is 2.25 bits per heavy atom. The van der Waals surface area contributed by atoms with Crippen molar-refractivity contribution in [3.8, 4) is 0 Å². The maximum atomic E-state index is 12.3. The molecule has 132 valence electrons. The third-order valence-electron chi connectivity index (χ3n) is 2.90. The fourth-order valence-electron chi connectivity index (χ4n) is 1.69. The van der Waals surface area contributed by atoms with Crippen LogP contribution in [0.5, 0.6) is 0 Å². The predicted octanol–water partition coefficient (Wildman–Crippen LogP) is 2.50. The van der Waals surface area contributed by atoms with Gasteiger partial charge in [-0.05, 0) is 6.07 Å². The van der Waals surface area contributed by atoms with E-state index in [1.54, 1.807) is 0 Å². The van der Waals surface area contributed by atoms with Crippen molar-refractivity contribution in [1.82, 2.24) is 4.90 Å². The first-order chi connectivity index (χ1) is 11.1. The number of nitro groups is 1. The molecule has 0 aliphatic carbocycles. The average molecular weight is 366 g/mol. The number of rotatable bonds is 3. The first-order valence-corrected chi connectivity index (χ1v) is 7.67. The summed E-state index contributed by atoms with van der Waals surface area (Å²) in [5.74, 6) is 0.562. The van der Waals surface area contributed by atoms with Crippen LogP contribution in [-0.4, -0.2) is 51.9 Å². The van der Waals surface area contributed by atoms with Crippen LogP contribution in [0.4, 0.5) is 18.9 Å². The second-order valence-electron chi connectivity index (χ2n) is 4.58. The molecule has 24 heavy (non-hydrogen) atoms. The van der Waals surface area contributed by atoms with Crippen LogP contribution in [0.2, 0.25) is 0 Å². The van der Waals surface area contributed by atoms with Gasteiger partial charge in [0.1, 0.15) is 0 Å². The molecular weight excluding hydrogens is 353 g/mol. The minimum absolute atomic E-state index is 0.284. The molecule has 1 amide bonds. The maximum Gasteiger partial charge on any atom is 0.416 e. The zero-order chi connectivity index (χ0) is 18.3. The summed E-state index contributed by atoms with van der Waals surface area (Å²) in [6.45, 7) is 1.88. The first kappa shape index (κ1) is 19.7. The molecule has 0 aromatic heterocycles. The van der Waals surface area contributed by atoms with Gasteiger partial charge in [-0.3, -0.25) is 14.9 Å². The number of thioether (sulfide) groups is 1. The molecule has 0 spiro atoms. The summed E-state index contributed by atoms with van der Waals surface area (Å²) in [6.07, 6.45) is -3.89. The molecule has 1 N–H and O–H groups in total. The Morgan fingerprint density at radius 2 is 1.88 bits per heavy atom. The smallest absolute Gasteiger partial charge is 0.416 e. The van der Waals surface area contributed by atoms with E-state index < -0.39 is 33.9 Å². The highest BCUT2D eigenvalue weighted by atomic mass is 32.2. The van der Waals surface area contributed by atoms with Crippen molar-refractivity contribution < 1.29 is 32.8 Å². The summed E-state index contributed by atoms with van der Waals surface area (Å²) in [4.78, 5) is 31.6. The lowest BCUT2D eigenvalue weighted by Gasteiger charge is -2.21. The van der Waals surface area contributed by atoms with Crippen LogP contribution in [0.3, 0.4) is 0 Å². The highest BCUT2D eigenvalue weighted by Gasteiger charge is 2.33. The van der Waals surface area contributed by atoms with E-state index in [1.165, 1.54) is 0 Å². The Bertz CT molecular complexity index is 586. The predicted molar refractivity (Wildman–Crippen MR) is 80.0 cm³/mol. The summed E-state index contributed by atoms with van der Waals surface area (Å²) in [5.41, 5.74) is -3.05. The van der Waals surface area contributed by atoms with Gasteiger partial charge in [0, 0.05) is 36.7 Å². The monoisotopic (exact) mass is 366 g/mol. The number of nitro benzene ring substituents is 1. The molecule has 1 aromatic carbocycles. The van der Waals surface area contributed by atoms with E-state index in [0.717, 1.165) is 31.0 Å². The second-order valence-corrected chi connectivity index (χ2v) is 5.81. The topological polar surface area (TPSA) is 101 Å². The minimum atomic E-state index is -4.82. The standard InChI is InChI=1S/C8H4F3NO4.C5H9NOS/c9-8(10,11)5-1-4(7(13)14)2-6(3-5)12(15)16;7-5-6-1-3-8-4-2-6/h1-3H,(H,13,14);5H,1-4H2. The molecule has 7 nitrogen and oxygen atoms in total. The Kier molecular flexibility index (Phi) is 7.01. The van der Waals surface area contributed by atoms with Crippen LogP contribution < -0.4 is 0 Å². The van der Waals surface area contributed by atoms with Crippen molar-refractivity contribution in [1.29, 1.82) is 0 Å². The lowest BCUT2D eigenvalue weighted by atomic mass is 10.1. The van der Waals surface area contributed by atoms with Gasteiger partial charge in [-0.2, -0.15) is 24.9 Å². The summed E-state index contributed by atoms with van der Waals surface area (Å²) in [7, 11) is 0. The zero-order valence-electron chi connectivity index (χ0n) is 12.2. The van der Waals surface area contributed by atoms with Crippen LogP contribution in [0.15, 0.2) is 18.2 Å². The van der Waals surface area contributed by atoms with Gasteiger partial charge in [0.25, 0.3) is 5.69 Å². The van der Waals surface area contributed by atoms with Gasteiger partial charge in [0.05, 0.1) is 16.1 Å². The first-order valence-electron chi connectivity index (χ1n) is 6.52. The van der Waals surface area contributed by atoms with Gasteiger partial charge in [0.2, 0.25) is 6.41 Å². The van der Waals surface area contributed by atoms with E-state index in [2.05, 4.69) is 0 Å². The lowest BCUT2D eigenvalue weighted by molar-refractivity contribution is -0.385. The van der Waals surface area contributed by atoms with Crippen LogP contribution >= 0.6 is 11.8 Å². The van der Waals surface area contributed by atoms with E-state index in [1.807, 2.05) is 16.7 Å². The molecule has 0 saturated carbocycles. The fourth-order valence-corrected chi connectivity index (χ4v) is 2.62. The number of aromatic carboxylic acids is 1. The SMILES string of the molecule is O=C(O)c1cc([N+](=O)[O-])cc(C(F)(F)F)c1.O=CN1CCSCC1. The molecule has 0 atom stereocenters. The van der Waals surface area contributed by atoms with E-state index in [0.29, 0.717) is 12.1 Å². The molecule has 1 saturated heterocycles. The quantitative estimate of drug-likeness (QED) is 0.501. The number of carbonyl (C=O) groups excluding carboxylic acids is 1. The van der Waals surface area contributed by atoms with E-state index in [9.17, 15) is 32.9 Å². The number of halogens is 3. The van der Waals surface area contributed by atoms with Gasteiger partial charge >= 0.3 is 12.1 Å². The van der Waals surface area contributed by atoms with Gasteiger partial charge in [-0.15, -0.1) is 0 Å². The largest absolute Gasteiger partial charge is 0.478 e. The normalized spacial score (nSPS) is 14.4. The number of carbonyl (C=O) groups is 2. The molecule has 0 unspecified atom stereocenters. The van der Waals surface area contributed by atoms with Crippen molar-refractivity contribution in [3.05, 3.63) is 39.4 Å². The third-order valence-corrected chi connectivity index (χ3v) is 3.84. The molecule has 1 aromatic rings. The second kappa shape index (κ2) is 8.52. The van der Waals surface area contributed by atoms with E-state index in [4.69, 9.17) is 5.11 Å². The highest BCUT2D eigenvalue weighted by Crippen LogP contribution is 2.32. The molecule has 1 aliphatic heterocycles. The van der Waals surface area contributed by atoms with Crippen molar-refractivity contribution >= 4 is 29.8 Å². The summed E-state index contributed by atoms with van der Waals surface area (Å²) in [6, 6.07) is 1.19. The molecular formula is C13H13F3N2O5S. The Balaban J connectivity index is 0.000000300. The molecule has 1 heterocycles. The Morgan fingerprint density at radius 1 is 1.29 bits per heavy atom. The van der Waals surface area contributed by atoms with Gasteiger partial charge < -0.3 is 10.0 Å². The van der Waals surface area contributed by atoms with Crippen molar-refractivity contribution in [2.45, 2.75) is 6.18 Å². The van der Waals surface area contributed by atoms with Crippen LogP contribution in [0.25, 0.3) is 0 Å². The molecule has 0 radical (unpaired) electrons. The van der Waals surface area contributed by atoms with E-state index in [-0.39, 0.29) is 6.07 Å². The highest BCUT2D eigenvalue weighted by molar-refractivity contribution is 7.99.